The predicted molar refractivity (Wildman–Crippen MR) is 113 cm³/mol. The smallest absolute Gasteiger partial charge is 0.277 e. The van der Waals surface area contributed by atoms with Crippen molar-refractivity contribution in [3.8, 4) is 11.3 Å². The van der Waals surface area contributed by atoms with Crippen molar-refractivity contribution in [2.24, 2.45) is 5.92 Å². The first-order chi connectivity index (χ1) is 13.4. The van der Waals surface area contributed by atoms with Crippen LogP contribution in [0.15, 0.2) is 53.3 Å². The van der Waals surface area contributed by atoms with E-state index in [2.05, 4.69) is 24.1 Å². The summed E-state index contributed by atoms with van der Waals surface area (Å²) in [5.41, 5.74) is 3.23. The SMILES string of the molecule is CCC(C)NC(=O)c1ccc(-c2nc3ccccc3n(CC(C)C)c2=O)cc1. The van der Waals surface area contributed by atoms with Gasteiger partial charge in [0.15, 0.2) is 0 Å². The van der Waals surface area contributed by atoms with Gasteiger partial charge in [0.25, 0.3) is 11.5 Å². The van der Waals surface area contributed by atoms with Gasteiger partial charge in [-0.1, -0.05) is 45.0 Å². The first-order valence-electron chi connectivity index (χ1n) is 9.81. The number of para-hydroxylation sites is 2. The Morgan fingerprint density at radius 3 is 2.39 bits per heavy atom. The number of carbonyl (C=O) groups excluding carboxylic acids is 1. The molecule has 0 aliphatic carbocycles. The number of benzene rings is 2. The molecule has 3 rings (SSSR count). The minimum Gasteiger partial charge on any atom is -0.350 e. The molecule has 0 radical (unpaired) electrons. The van der Waals surface area contributed by atoms with Gasteiger partial charge in [0.1, 0.15) is 5.69 Å². The molecule has 1 unspecified atom stereocenters. The van der Waals surface area contributed by atoms with E-state index in [4.69, 9.17) is 0 Å². The molecule has 0 saturated heterocycles. The first kappa shape index (κ1) is 19.8. The summed E-state index contributed by atoms with van der Waals surface area (Å²) < 4.78 is 1.80. The van der Waals surface area contributed by atoms with Crippen molar-refractivity contribution in [3.05, 3.63) is 64.4 Å². The third-order valence-corrected chi connectivity index (χ3v) is 4.81. The highest BCUT2D eigenvalue weighted by atomic mass is 16.1. The van der Waals surface area contributed by atoms with Gasteiger partial charge in [0.05, 0.1) is 11.0 Å². The molecule has 0 aliphatic rings. The number of hydrogen-bond donors (Lipinski definition) is 1. The summed E-state index contributed by atoms with van der Waals surface area (Å²) in [4.78, 5) is 30.0. The topological polar surface area (TPSA) is 64.0 Å². The molecule has 0 fully saturated rings. The molecule has 0 aliphatic heterocycles. The fraction of sp³-hybridized carbons (Fsp3) is 0.348. The van der Waals surface area contributed by atoms with E-state index in [1.165, 1.54) is 0 Å². The van der Waals surface area contributed by atoms with Gasteiger partial charge >= 0.3 is 0 Å². The Morgan fingerprint density at radius 2 is 1.75 bits per heavy atom. The first-order valence-corrected chi connectivity index (χ1v) is 9.81. The molecule has 0 spiro atoms. The molecule has 0 bridgehead atoms. The lowest BCUT2D eigenvalue weighted by Crippen LogP contribution is -2.31. The summed E-state index contributed by atoms with van der Waals surface area (Å²) in [6.45, 7) is 8.81. The molecule has 146 valence electrons. The standard InChI is InChI=1S/C23H27N3O2/c1-5-16(4)24-22(27)18-12-10-17(11-13-18)21-23(28)26(14-15(2)3)20-9-7-6-8-19(20)25-21/h6-13,15-16H,5,14H2,1-4H3,(H,24,27). The molecule has 1 heterocycles. The van der Waals surface area contributed by atoms with Gasteiger partial charge in [0, 0.05) is 23.7 Å². The second-order valence-corrected chi connectivity index (χ2v) is 7.62. The van der Waals surface area contributed by atoms with Crippen LogP contribution in [0, 0.1) is 5.92 Å². The molecule has 3 aromatic rings. The normalized spacial score (nSPS) is 12.3. The fourth-order valence-electron chi connectivity index (χ4n) is 3.12. The van der Waals surface area contributed by atoms with E-state index in [0.29, 0.717) is 29.3 Å². The van der Waals surface area contributed by atoms with Crippen LogP contribution in [0.4, 0.5) is 0 Å². The van der Waals surface area contributed by atoms with E-state index in [1.54, 1.807) is 28.8 Å². The number of aromatic nitrogens is 2. The molecule has 0 saturated carbocycles. The van der Waals surface area contributed by atoms with Crippen LogP contribution in [0.3, 0.4) is 0 Å². The Kier molecular flexibility index (Phi) is 5.93. The van der Waals surface area contributed by atoms with Crippen molar-refractivity contribution in [1.82, 2.24) is 14.9 Å². The zero-order valence-electron chi connectivity index (χ0n) is 16.9. The van der Waals surface area contributed by atoms with E-state index in [9.17, 15) is 9.59 Å². The van der Waals surface area contributed by atoms with Crippen LogP contribution in [0.1, 0.15) is 44.5 Å². The van der Waals surface area contributed by atoms with Crippen molar-refractivity contribution >= 4 is 16.9 Å². The summed E-state index contributed by atoms with van der Waals surface area (Å²) in [5.74, 6) is 0.229. The number of nitrogens with zero attached hydrogens (tertiary/aromatic N) is 2. The van der Waals surface area contributed by atoms with E-state index in [-0.39, 0.29) is 17.5 Å². The summed E-state index contributed by atoms with van der Waals surface area (Å²) in [5, 5.41) is 2.95. The summed E-state index contributed by atoms with van der Waals surface area (Å²) in [7, 11) is 0. The van der Waals surface area contributed by atoms with Crippen molar-refractivity contribution in [3.63, 3.8) is 0 Å². The maximum Gasteiger partial charge on any atom is 0.277 e. The molecule has 1 amide bonds. The Bertz CT molecular complexity index is 1040. The largest absolute Gasteiger partial charge is 0.350 e. The Balaban J connectivity index is 2.03. The van der Waals surface area contributed by atoms with Crippen LogP contribution >= 0.6 is 0 Å². The van der Waals surface area contributed by atoms with Crippen LogP contribution in [-0.4, -0.2) is 21.5 Å². The number of carbonyl (C=O) groups is 1. The van der Waals surface area contributed by atoms with Gasteiger partial charge in [-0.15, -0.1) is 0 Å². The molecular weight excluding hydrogens is 350 g/mol. The van der Waals surface area contributed by atoms with Crippen molar-refractivity contribution < 1.29 is 4.79 Å². The molecule has 5 nitrogen and oxygen atoms in total. The maximum atomic E-state index is 13.1. The minimum absolute atomic E-state index is 0.107. The van der Waals surface area contributed by atoms with Crippen molar-refractivity contribution in [2.75, 3.05) is 0 Å². The van der Waals surface area contributed by atoms with E-state index in [0.717, 1.165) is 17.5 Å². The van der Waals surface area contributed by atoms with Gasteiger partial charge in [-0.25, -0.2) is 4.98 Å². The van der Waals surface area contributed by atoms with Gasteiger partial charge < -0.3 is 9.88 Å². The summed E-state index contributed by atoms with van der Waals surface area (Å²) in [6.07, 6.45) is 0.875. The van der Waals surface area contributed by atoms with E-state index in [1.807, 2.05) is 38.1 Å². The van der Waals surface area contributed by atoms with Gasteiger partial charge in [-0.2, -0.15) is 0 Å². The average Bonchev–Trinajstić information content (AvgIpc) is 2.69. The zero-order valence-corrected chi connectivity index (χ0v) is 16.9. The van der Waals surface area contributed by atoms with Crippen molar-refractivity contribution in [2.45, 2.75) is 46.7 Å². The Labute approximate surface area is 165 Å². The average molecular weight is 377 g/mol. The van der Waals surface area contributed by atoms with Gasteiger partial charge in [0.2, 0.25) is 0 Å². The molecular formula is C23H27N3O2. The number of amides is 1. The number of hydrogen-bond acceptors (Lipinski definition) is 3. The number of rotatable bonds is 6. The maximum absolute atomic E-state index is 13.1. The van der Waals surface area contributed by atoms with E-state index >= 15 is 0 Å². The predicted octanol–water partition coefficient (Wildman–Crippen LogP) is 4.25. The Hall–Kier alpha value is -2.95. The second kappa shape index (κ2) is 8.38. The summed E-state index contributed by atoms with van der Waals surface area (Å²) >= 11 is 0. The lowest BCUT2D eigenvalue weighted by molar-refractivity contribution is 0.0939. The van der Waals surface area contributed by atoms with Crippen LogP contribution in [0.25, 0.3) is 22.3 Å². The molecule has 1 atom stereocenters. The zero-order chi connectivity index (χ0) is 20.3. The molecule has 5 heteroatoms. The lowest BCUT2D eigenvalue weighted by Gasteiger charge is -2.14. The van der Waals surface area contributed by atoms with Gasteiger partial charge in [-0.3, -0.25) is 9.59 Å². The fourth-order valence-corrected chi connectivity index (χ4v) is 3.12. The van der Waals surface area contributed by atoms with Gasteiger partial charge in [-0.05, 0) is 43.5 Å². The quantitative estimate of drug-likeness (QED) is 0.698. The lowest BCUT2D eigenvalue weighted by atomic mass is 10.1. The van der Waals surface area contributed by atoms with Crippen LogP contribution < -0.4 is 10.9 Å². The van der Waals surface area contributed by atoms with Crippen molar-refractivity contribution in [1.29, 1.82) is 0 Å². The molecule has 1 aromatic heterocycles. The van der Waals surface area contributed by atoms with E-state index < -0.39 is 0 Å². The Morgan fingerprint density at radius 1 is 1.07 bits per heavy atom. The highest BCUT2D eigenvalue weighted by molar-refractivity contribution is 5.94. The third-order valence-electron chi connectivity index (χ3n) is 4.81. The monoisotopic (exact) mass is 377 g/mol. The highest BCUT2D eigenvalue weighted by Gasteiger charge is 2.15. The molecule has 2 aromatic carbocycles. The highest BCUT2D eigenvalue weighted by Crippen LogP contribution is 2.19. The molecule has 1 N–H and O–H groups in total. The third kappa shape index (κ3) is 4.14. The number of fused-ring (bicyclic) bond motifs is 1. The molecule has 28 heavy (non-hydrogen) atoms. The van der Waals surface area contributed by atoms with Crippen LogP contribution in [0.2, 0.25) is 0 Å². The second-order valence-electron chi connectivity index (χ2n) is 7.62. The number of nitrogens with one attached hydrogen (secondary N) is 1. The summed E-state index contributed by atoms with van der Waals surface area (Å²) in [6, 6.07) is 14.9. The van der Waals surface area contributed by atoms with Crippen LogP contribution in [-0.2, 0) is 6.54 Å². The minimum atomic E-state index is -0.107. The van der Waals surface area contributed by atoms with Crippen LogP contribution in [0.5, 0.6) is 0 Å².